The van der Waals surface area contributed by atoms with Crippen molar-refractivity contribution in [1.82, 2.24) is 5.32 Å². The molecule has 0 aliphatic rings. The van der Waals surface area contributed by atoms with Crippen molar-refractivity contribution >= 4 is 17.2 Å². The van der Waals surface area contributed by atoms with E-state index < -0.39 is 0 Å². The van der Waals surface area contributed by atoms with Crippen molar-refractivity contribution in [3.63, 3.8) is 0 Å². The molecule has 1 aromatic carbocycles. The summed E-state index contributed by atoms with van der Waals surface area (Å²) in [6.45, 7) is 4.07. The monoisotopic (exact) mass is 275 g/mol. The summed E-state index contributed by atoms with van der Waals surface area (Å²) < 4.78 is 0. The molecule has 1 heterocycles. The Morgan fingerprint density at radius 2 is 1.95 bits per heavy atom. The van der Waals surface area contributed by atoms with Crippen molar-refractivity contribution in [3.8, 4) is 5.75 Å². The maximum absolute atomic E-state index is 12.0. The quantitative estimate of drug-likeness (QED) is 0.900. The first kappa shape index (κ1) is 13.6. The summed E-state index contributed by atoms with van der Waals surface area (Å²) in [5.74, 6) is 0.0550. The number of phenols is 1. The fourth-order valence-corrected chi connectivity index (χ4v) is 2.89. The summed E-state index contributed by atoms with van der Waals surface area (Å²) >= 11 is 1.76. The molecular weight excluding hydrogens is 258 g/mol. The van der Waals surface area contributed by atoms with Gasteiger partial charge in [-0.25, -0.2) is 0 Å². The molecule has 3 nitrogen and oxygen atoms in total. The van der Waals surface area contributed by atoms with Crippen LogP contribution in [0.5, 0.6) is 5.75 Å². The molecule has 2 rings (SSSR count). The van der Waals surface area contributed by atoms with Gasteiger partial charge in [-0.2, -0.15) is 0 Å². The zero-order valence-electron chi connectivity index (χ0n) is 11.0. The zero-order valence-corrected chi connectivity index (χ0v) is 11.8. The summed E-state index contributed by atoms with van der Waals surface area (Å²) in [6.07, 6.45) is 0.836. The maximum Gasteiger partial charge on any atom is 0.251 e. The van der Waals surface area contributed by atoms with Gasteiger partial charge in [-0.1, -0.05) is 0 Å². The molecule has 0 spiro atoms. The molecule has 2 N–H and O–H groups in total. The predicted molar refractivity (Wildman–Crippen MR) is 77.8 cm³/mol. The van der Waals surface area contributed by atoms with E-state index in [1.165, 1.54) is 21.9 Å². The molecule has 2 aromatic rings. The Bertz CT molecular complexity index is 560. The summed E-state index contributed by atoms with van der Waals surface area (Å²) in [5.41, 5.74) is 0.562. The molecule has 0 saturated carbocycles. The average Bonchev–Trinajstić information content (AvgIpc) is 2.75. The van der Waals surface area contributed by atoms with Crippen LogP contribution in [0.2, 0.25) is 0 Å². The zero-order chi connectivity index (χ0) is 13.8. The number of aromatic hydroxyl groups is 1. The van der Waals surface area contributed by atoms with Crippen LogP contribution in [-0.2, 0) is 6.42 Å². The number of thiophene rings is 1. The largest absolute Gasteiger partial charge is 0.508 e. The number of phenolic OH excluding ortho intramolecular Hbond substituents is 1. The number of hydrogen-bond donors (Lipinski definition) is 2. The molecule has 100 valence electrons. The lowest BCUT2D eigenvalue weighted by molar-refractivity contribution is 0.0940. The number of aryl methyl sites for hydroxylation is 1. The first-order valence-electron chi connectivity index (χ1n) is 6.20. The molecule has 0 fully saturated rings. The van der Waals surface area contributed by atoms with Gasteiger partial charge in [-0.15, -0.1) is 11.3 Å². The fraction of sp³-hybridized carbons (Fsp3) is 0.267. The lowest BCUT2D eigenvalue weighted by Crippen LogP contribution is -2.33. The van der Waals surface area contributed by atoms with Gasteiger partial charge in [0, 0.05) is 27.8 Å². The van der Waals surface area contributed by atoms with E-state index in [4.69, 9.17) is 0 Å². The predicted octanol–water partition coefficient (Wildman–Crippen LogP) is 3.12. The second kappa shape index (κ2) is 5.89. The normalized spacial score (nSPS) is 12.1. The SMILES string of the molecule is Cc1ccc(CC(C)NC(=O)c2ccc(O)cc2)s1. The number of rotatable bonds is 4. The van der Waals surface area contributed by atoms with E-state index in [0.29, 0.717) is 5.56 Å². The molecule has 1 amide bonds. The number of amides is 1. The average molecular weight is 275 g/mol. The highest BCUT2D eigenvalue weighted by Gasteiger charge is 2.11. The van der Waals surface area contributed by atoms with Gasteiger partial charge in [-0.3, -0.25) is 4.79 Å². The Morgan fingerprint density at radius 3 is 2.53 bits per heavy atom. The Hall–Kier alpha value is -1.81. The van der Waals surface area contributed by atoms with Gasteiger partial charge in [0.1, 0.15) is 5.75 Å². The Labute approximate surface area is 116 Å². The van der Waals surface area contributed by atoms with E-state index in [0.717, 1.165) is 6.42 Å². The van der Waals surface area contributed by atoms with Crippen LogP contribution in [0.15, 0.2) is 36.4 Å². The van der Waals surface area contributed by atoms with Gasteiger partial charge in [0.25, 0.3) is 5.91 Å². The van der Waals surface area contributed by atoms with Gasteiger partial charge in [0.2, 0.25) is 0 Å². The first-order valence-corrected chi connectivity index (χ1v) is 7.01. The van der Waals surface area contributed by atoms with Crippen molar-refractivity contribution in [1.29, 1.82) is 0 Å². The van der Waals surface area contributed by atoms with Crippen LogP contribution in [0.25, 0.3) is 0 Å². The highest BCUT2D eigenvalue weighted by atomic mass is 32.1. The minimum absolute atomic E-state index is 0.0827. The molecule has 0 aliphatic carbocycles. The van der Waals surface area contributed by atoms with Gasteiger partial charge in [0.15, 0.2) is 0 Å². The lowest BCUT2D eigenvalue weighted by Gasteiger charge is -2.13. The van der Waals surface area contributed by atoms with Crippen molar-refractivity contribution in [2.24, 2.45) is 0 Å². The molecule has 0 bridgehead atoms. The molecular formula is C15H17NO2S. The Kier molecular flexibility index (Phi) is 4.22. The topological polar surface area (TPSA) is 49.3 Å². The van der Waals surface area contributed by atoms with E-state index in [1.54, 1.807) is 23.5 Å². The summed E-state index contributed by atoms with van der Waals surface area (Å²) in [5, 5.41) is 12.1. The first-order chi connectivity index (χ1) is 9.04. The maximum atomic E-state index is 12.0. The van der Waals surface area contributed by atoms with Crippen LogP contribution in [0, 0.1) is 6.92 Å². The van der Waals surface area contributed by atoms with Crippen LogP contribution >= 0.6 is 11.3 Å². The highest BCUT2D eigenvalue weighted by Crippen LogP contribution is 2.17. The van der Waals surface area contributed by atoms with E-state index in [-0.39, 0.29) is 17.7 Å². The van der Waals surface area contributed by atoms with Crippen LogP contribution in [0.3, 0.4) is 0 Å². The minimum atomic E-state index is -0.110. The van der Waals surface area contributed by atoms with Gasteiger partial charge in [0.05, 0.1) is 0 Å². The van der Waals surface area contributed by atoms with Gasteiger partial charge in [-0.05, 0) is 50.2 Å². The van der Waals surface area contributed by atoms with E-state index in [1.807, 2.05) is 6.92 Å². The molecule has 0 aliphatic heterocycles. The molecule has 19 heavy (non-hydrogen) atoms. The molecule has 1 unspecified atom stereocenters. The second-order valence-electron chi connectivity index (χ2n) is 4.64. The number of carbonyl (C=O) groups excluding carboxylic acids is 1. The van der Waals surface area contributed by atoms with Crippen molar-refractivity contribution < 1.29 is 9.90 Å². The third-order valence-electron chi connectivity index (χ3n) is 2.81. The minimum Gasteiger partial charge on any atom is -0.508 e. The number of nitrogens with one attached hydrogen (secondary N) is 1. The third kappa shape index (κ3) is 3.83. The third-order valence-corrected chi connectivity index (χ3v) is 3.83. The van der Waals surface area contributed by atoms with Gasteiger partial charge < -0.3 is 10.4 Å². The van der Waals surface area contributed by atoms with Gasteiger partial charge >= 0.3 is 0 Å². The standard InChI is InChI=1S/C15H17NO2S/c1-10(9-14-8-3-11(2)19-14)16-15(18)12-4-6-13(17)7-5-12/h3-8,10,17H,9H2,1-2H3,(H,16,18). The molecule has 0 radical (unpaired) electrons. The molecule has 4 heteroatoms. The Balaban J connectivity index is 1.93. The summed E-state index contributed by atoms with van der Waals surface area (Å²) in [7, 11) is 0. The number of carbonyl (C=O) groups is 1. The lowest BCUT2D eigenvalue weighted by atomic mass is 10.1. The highest BCUT2D eigenvalue weighted by molar-refractivity contribution is 7.11. The molecule has 1 aromatic heterocycles. The molecule has 1 atom stereocenters. The Morgan fingerprint density at radius 1 is 1.26 bits per heavy atom. The van der Waals surface area contributed by atoms with E-state index in [2.05, 4.69) is 24.4 Å². The summed E-state index contributed by atoms with van der Waals surface area (Å²) in [4.78, 5) is 14.5. The van der Waals surface area contributed by atoms with E-state index >= 15 is 0 Å². The van der Waals surface area contributed by atoms with Crippen molar-refractivity contribution in [2.45, 2.75) is 26.3 Å². The second-order valence-corrected chi connectivity index (χ2v) is 6.01. The van der Waals surface area contributed by atoms with Crippen LogP contribution in [0.1, 0.15) is 27.0 Å². The fourth-order valence-electron chi connectivity index (χ4n) is 1.87. The number of benzene rings is 1. The number of hydrogen-bond acceptors (Lipinski definition) is 3. The smallest absolute Gasteiger partial charge is 0.251 e. The van der Waals surface area contributed by atoms with Crippen molar-refractivity contribution in [2.75, 3.05) is 0 Å². The van der Waals surface area contributed by atoms with Crippen LogP contribution in [0.4, 0.5) is 0 Å². The van der Waals surface area contributed by atoms with Crippen LogP contribution in [-0.4, -0.2) is 17.1 Å². The molecule has 0 saturated heterocycles. The van der Waals surface area contributed by atoms with Crippen LogP contribution < -0.4 is 5.32 Å². The summed E-state index contributed by atoms with van der Waals surface area (Å²) in [6, 6.07) is 10.5. The van der Waals surface area contributed by atoms with E-state index in [9.17, 15) is 9.90 Å². The van der Waals surface area contributed by atoms with Crippen molar-refractivity contribution in [3.05, 3.63) is 51.7 Å².